The lowest BCUT2D eigenvalue weighted by Crippen LogP contribution is -2.19. The van der Waals surface area contributed by atoms with E-state index in [4.69, 9.17) is 47.0 Å². The topological polar surface area (TPSA) is 59.7 Å². The Morgan fingerprint density at radius 2 is 1.66 bits per heavy atom. The minimum absolute atomic E-state index is 0.350. The van der Waals surface area contributed by atoms with Crippen LogP contribution in [0.4, 0.5) is 11.5 Å². The molecule has 10 heteroatoms. The van der Waals surface area contributed by atoms with Gasteiger partial charge in [-0.05, 0) is 42.4 Å². The van der Waals surface area contributed by atoms with Crippen molar-refractivity contribution in [2.75, 3.05) is 10.6 Å². The van der Waals surface area contributed by atoms with Crippen molar-refractivity contribution in [3.8, 4) is 0 Å². The smallest absolute Gasteiger partial charge is 0.176 e. The highest BCUT2D eigenvalue weighted by molar-refractivity contribution is 7.80. The Labute approximate surface area is 206 Å². The number of benzene rings is 2. The van der Waals surface area contributed by atoms with Gasteiger partial charge in [0.1, 0.15) is 5.02 Å². The van der Waals surface area contributed by atoms with Gasteiger partial charge in [0, 0.05) is 28.0 Å². The van der Waals surface area contributed by atoms with E-state index in [1.165, 1.54) is 11.1 Å². The number of aromatic nitrogens is 4. The molecule has 0 bridgehead atoms. The molecule has 0 radical (unpaired) electrons. The zero-order chi connectivity index (χ0) is 22.7. The maximum absolute atomic E-state index is 6.33. The van der Waals surface area contributed by atoms with Crippen molar-refractivity contribution in [1.29, 1.82) is 0 Å². The lowest BCUT2D eigenvalue weighted by atomic mass is 10.1. The van der Waals surface area contributed by atoms with Crippen molar-refractivity contribution < 1.29 is 0 Å². The highest BCUT2D eigenvalue weighted by atomic mass is 35.5. The molecule has 32 heavy (non-hydrogen) atoms. The van der Waals surface area contributed by atoms with Crippen LogP contribution < -0.4 is 10.6 Å². The molecule has 0 aliphatic rings. The van der Waals surface area contributed by atoms with E-state index in [9.17, 15) is 0 Å². The van der Waals surface area contributed by atoms with Gasteiger partial charge in [-0.15, -0.1) is 0 Å². The van der Waals surface area contributed by atoms with Gasteiger partial charge in [-0.3, -0.25) is 9.36 Å². The summed E-state index contributed by atoms with van der Waals surface area (Å²) >= 11 is 24.2. The number of halogens is 3. The van der Waals surface area contributed by atoms with E-state index in [2.05, 4.69) is 39.9 Å². The van der Waals surface area contributed by atoms with Crippen molar-refractivity contribution >= 4 is 63.6 Å². The van der Waals surface area contributed by atoms with Crippen LogP contribution in [0.1, 0.15) is 16.7 Å². The van der Waals surface area contributed by atoms with E-state index in [1.807, 2.05) is 23.0 Å². The van der Waals surface area contributed by atoms with Crippen LogP contribution in [-0.4, -0.2) is 24.7 Å². The van der Waals surface area contributed by atoms with Crippen molar-refractivity contribution in [3.05, 3.63) is 92.8 Å². The molecule has 164 valence electrons. The number of nitrogens with one attached hydrogen (secondary N) is 2. The van der Waals surface area contributed by atoms with Gasteiger partial charge in [0.25, 0.3) is 0 Å². The Balaban J connectivity index is 1.39. The predicted octanol–water partition coefficient (Wildman–Crippen LogP) is 6.25. The minimum Gasteiger partial charge on any atom is -0.330 e. The van der Waals surface area contributed by atoms with Gasteiger partial charge in [-0.1, -0.05) is 65.1 Å². The standard InChI is InChI=1S/C22H19Cl3N6S/c1-14-5-2-3-6-15(14)10-30-11-16(9-26-30)27-22(32)28-21-20(25)13-31(29-21)12-17-18(23)7-4-8-19(17)24/h2-9,11,13H,10,12H2,1H3,(H2,27,28,29,32). The number of aryl methyl sites for hydroxylation is 1. The van der Waals surface area contributed by atoms with E-state index in [0.717, 1.165) is 11.3 Å². The summed E-state index contributed by atoms with van der Waals surface area (Å²) in [6, 6.07) is 13.6. The Bertz CT molecular complexity index is 1250. The van der Waals surface area contributed by atoms with E-state index in [1.54, 1.807) is 35.3 Å². The molecule has 4 rings (SSSR count). The zero-order valence-electron chi connectivity index (χ0n) is 17.0. The van der Waals surface area contributed by atoms with Crippen LogP contribution in [0.2, 0.25) is 15.1 Å². The van der Waals surface area contributed by atoms with Gasteiger partial charge < -0.3 is 10.6 Å². The van der Waals surface area contributed by atoms with Gasteiger partial charge in [-0.2, -0.15) is 10.2 Å². The molecule has 4 aromatic rings. The number of anilines is 2. The Morgan fingerprint density at radius 1 is 0.906 bits per heavy atom. The van der Waals surface area contributed by atoms with Crippen LogP contribution in [0, 0.1) is 6.92 Å². The third kappa shape index (κ3) is 5.42. The van der Waals surface area contributed by atoms with E-state index in [0.29, 0.717) is 39.1 Å². The fraction of sp³-hybridized carbons (Fsp3) is 0.136. The largest absolute Gasteiger partial charge is 0.330 e. The summed E-state index contributed by atoms with van der Waals surface area (Å²) in [7, 11) is 0. The summed E-state index contributed by atoms with van der Waals surface area (Å²) in [4.78, 5) is 0. The van der Waals surface area contributed by atoms with Crippen LogP contribution in [0.25, 0.3) is 0 Å². The molecule has 0 unspecified atom stereocenters. The second kappa shape index (κ2) is 9.92. The summed E-state index contributed by atoms with van der Waals surface area (Å²) in [5, 5.41) is 16.9. The molecule has 6 nitrogen and oxygen atoms in total. The summed E-state index contributed by atoms with van der Waals surface area (Å²) < 4.78 is 3.50. The van der Waals surface area contributed by atoms with E-state index < -0.39 is 0 Å². The summed E-state index contributed by atoms with van der Waals surface area (Å²) in [5.74, 6) is 0.430. The molecule has 0 aliphatic heterocycles. The van der Waals surface area contributed by atoms with Crippen molar-refractivity contribution in [2.24, 2.45) is 0 Å². The molecule has 2 heterocycles. The lowest BCUT2D eigenvalue weighted by Gasteiger charge is -2.08. The highest BCUT2D eigenvalue weighted by Crippen LogP contribution is 2.27. The average Bonchev–Trinajstić information content (AvgIpc) is 3.32. The molecular weight excluding hydrogens is 487 g/mol. The van der Waals surface area contributed by atoms with Crippen molar-refractivity contribution in [1.82, 2.24) is 19.6 Å². The summed E-state index contributed by atoms with van der Waals surface area (Å²) in [6.07, 6.45) is 5.29. The highest BCUT2D eigenvalue weighted by Gasteiger charge is 2.12. The van der Waals surface area contributed by atoms with Crippen LogP contribution in [0.15, 0.2) is 61.1 Å². The second-order valence-corrected chi connectivity index (χ2v) is 8.79. The molecule has 0 saturated carbocycles. The van der Waals surface area contributed by atoms with Crippen molar-refractivity contribution in [3.63, 3.8) is 0 Å². The Morgan fingerprint density at radius 3 is 2.41 bits per heavy atom. The average molecular weight is 506 g/mol. The van der Waals surface area contributed by atoms with Crippen LogP contribution in [0.5, 0.6) is 0 Å². The molecule has 0 saturated heterocycles. The number of hydrogen-bond donors (Lipinski definition) is 2. The molecular formula is C22H19Cl3N6S. The first-order valence-electron chi connectivity index (χ1n) is 9.70. The Hall–Kier alpha value is -2.58. The molecule has 0 amide bonds. The maximum Gasteiger partial charge on any atom is 0.176 e. The SMILES string of the molecule is Cc1ccccc1Cn1cc(NC(=S)Nc2nn(Cc3c(Cl)cccc3Cl)cc2Cl)cn1. The fourth-order valence-corrected chi connectivity index (χ4v) is 4.08. The third-order valence-corrected chi connectivity index (χ3v) is 6.00. The van der Waals surface area contributed by atoms with Crippen LogP contribution >= 0.6 is 47.0 Å². The zero-order valence-corrected chi connectivity index (χ0v) is 20.1. The van der Waals surface area contributed by atoms with Crippen molar-refractivity contribution in [2.45, 2.75) is 20.0 Å². The second-order valence-electron chi connectivity index (χ2n) is 7.16. The predicted molar refractivity (Wildman–Crippen MR) is 135 cm³/mol. The van der Waals surface area contributed by atoms with Crippen LogP contribution in [-0.2, 0) is 13.1 Å². The number of rotatable bonds is 6. The third-order valence-electron chi connectivity index (χ3n) is 4.82. The molecule has 2 N–H and O–H groups in total. The molecule has 0 spiro atoms. The van der Waals surface area contributed by atoms with Gasteiger partial charge in [0.05, 0.1) is 25.0 Å². The fourth-order valence-electron chi connectivity index (χ4n) is 3.15. The van der Waals surface area contributed by atoms with Gasteiger partial charge in [0.2, 0.25) is 0 Å². The maximum atomic E-state index is 6.33. The number of thiocarbonyl (C=S) groups is 1. The summed E-state index contributed by atoms with van der Waals surface area (Å²) in [6.45, 7) is 3.14. The first kappa shape index (κ1) is 22.6. The molecule has 0 fully saturated rings. The normalized spacial score (nSPS) is 10.9. The first-order valence-corrected chi connectivity index (χ1v) is 11.2. The van der Waals surface area contributed by atoms with Gasteiger partial charge in [-0.25, -0.2) is 0 Å². The number of hydrogen-bond acceptors (Lipinski definition) is 3. The quantitative estimate of drug-likeness (QED) is 0.303. The lowest BCUT2D eigenvalue weighted by molar-refractivity contribution is 0.684. The molecule has 0 atom stereocenters. The molecule has 0 aliphatic carbocycles. The van der Waals surface area contributed by atoms with Gasteiger partial charge >= 0.3 is 0 Å². The number of nitrogens with zero attached hydrogens (tertiary/aromatic N) is 4. The molecule has 2 aromatic heterocycles. The molecule has 2 aromatic carbocycles. The minimum atomic E-state index is 0.350. The van der Waals surface area contributed by atoms with Crippen LogP contribution in [0.3, 0.4) is 0 Å². The van der Waals surface area contributed by atoms with E-state index in [-0.39, 0.29) is 0 Å². The summed E-state index contributed by atoms with van der Waals surface area (Å²) in [5.41, 5.74) is 3.95. The van der Waals surface area contributed by atoms with E-state index >= 15 is 0 Å². The monoisotopic (exact) mass is 504 g/mol. The van der Waals surface area contributed by atoms with Gasteiger partial charge in [0.15, 0.2) is 10.9 Å². The Kier molecular flexibility index (Phi) is 7.01. The first-order chi connectivity index (χ1) is 15.4.